The molecule has 3 heteroatoms. The van der Waals surface area contributed by atoms with Crippen molar-refractivity contribution in [3.63, 3.8) is 0 Å². The first-order valence-electron chi connectivity index (χ1n) is 5.64. The molecule has 2 N–H and O–H groups in total. The summed E-state index contributed by atoms with van der Waals surface area (Å²) in [6.45, 7) is 0. The van der Waals surface area contributed by atoms with Gasteiger partial charge in [0.25, 0.3) is 0 Å². The fourth-order valence-corrected chi connectivity index (χ4v) is 4.07. The number of hydrogen-bond acceptors (Lipinski definition) is 1. The Balaban J connectivity index is 1.86. The van der Waals surface area contributed by atoms with Gasteiger partial charge < -0.3 is 5.73 Å². The summed E-state index contributed by atoms with van der Waals surface area (Å²) in [4.78, 5) is 14.8. The Hall–Kier alpha value is -0.860. The van der Waals surface area contributed by atoms with E-state index < -0.39 is 6.03 Å². The van der Waals surface area contributed by atoms with Crippen molar-refractivity contribution >= 4 is 11.7 Å². The highest BCUT2D eigenvalue weighted by atomic mass is 16.2. The van der Waals surface area contributed by atoms with E-state index in [4.69, 9.17) is 5.73 Å². The van der Waals surface area contributed by atoms with Crippen LogP contribution in [-0.2, 0) is 0 Å². The molecule has 0 aromatic rings. The van der Waals surface area contributed by atoms with Crippen LogP contribution in [0.3, 0.4) is 0 Å². The third-order valence-corrected chi connectivity index (χ3v) is 4.47. The Labute approximate surface area is 83.8 Å². The highest BCUT2D eigenvalue weighted by Gasteiger charge is 2.56. The lowest BCUT2D eigenvalue weighted by molar-refractivity contribution is -0.0486. The number of nitrogens with two attached hydrogens (primary N) is 1. The van der Waals surface area contributed by atoms with E-state index in [0.717, 1.165) is 29.9 Å². The van der Waals surface area contributed by atoms with E-state index in [1.807, 2.05) is 0 Å². The van der Waals surface area contributed by atoms with Gasteiger partial charge in [0.15, 0.2) is 0 Å². The molecule has 4 fully saturated rings. The van der Waals surface area contributed by atoms with Crippen LogP contribution in [-0.4, -0.2) is 11.7 Å². The van der Waals surface area contributed by atoms with Crippen LogP contribution < -0.4 is 5.73 Å². The minimum atomic E-state index is -0.497. The van der Waals surface area contributed by atoms with Crippen LogP contribution in [0.15, 0.2) is 4.99 Å². The first kappa shape index (κ1) is 8.45. The zero-order valence-corrected chi connectivity index (χ0v) is 8.28. The van der Waals surface area contributed by atoms with Gasteiger partial charge in [-0.3, -0.25) is 0 Å². The second kappa shape index (κ2) is 2.81. The molecule has 2 amide bonds. The van der Waals surface area contributed by atoms with Crippen LogP contribution in [0.1, 0.15) is 32.1 Å². The number of urea groups is 1. The van der Waals surface area contributed by atoms with Crippen LogP contribution in [0.5, 0.6) is 0 Å². The molecular formula is C11H16N2O. The molecule has 14 heavy (non-hydrogen) atoms. The summed E-state index contributed by atoms with van der Waals surface area (Å²) in [5.74, 6) is 3.29. The topological polar surface area (TPSA) is 55.5 Å². The lowest BCUT2D eigenvalue weighted by atomic mass is 9.44. The zero-order chi connectivity index (χ0) is 9.71. The summed E-state index contributed by atoms with van der Waals surface area (Å²) >= 11 is 0. The molecule has 4 saturated carbocycles. The molecule has 4 rings (SSSR count). The van der Waals surface area contributed by atoms with Gasteiger partial charge in [0, 0.05) is 11.6 Å². The Morgan fingerprint density at radius 3 is 2.57 bits per heavy atom. The van der Waals surface area contributed by atoms with E-state index in [1.165, 1.54) is 25.7 Å². The monoisotopic (exact) mass is 192 g/mol. The number of nitrogens with zero attached hydrogens (tertiary/aromatic N) is 1. The van der Waals surface area contributed by atoms with Gasteiger partial charge in [-0.15, -0.1) is 0 Å². The number of carbonyl (C=O) groups excluding carboxylic acids is 1. The molecule has 3 nitrogen and oxygen atoms in total. The molecule has 0 radical (unpaired) electrons. The summed E-state index contributed by atoms with van der Waals surface area (Å²) in [6, 6.07) is -0.497. The molecule has 2 atom stereocenters. The molecule has 0 spiro atoms. The molecule has 0 heterocycles. The number of rotatable bonds is 0. The fraction of sp³-hybridized carbons (Fsp3) is 0.818. The molecule has 4 aliphatic carbocycles. The summed E-state index contributed by atoms with van der Waals surface area (Å²) in [5.41, 5.74) is 6.25. The molecule has 4 aliphatic rings. The minimum absolute atomic E-state index is 0.497. The SMILES string of the molecule is NC(=O)/N=C1\CCC2C3CCCC2C13. The number of fused-ring (bicyclic) bond motifs is 2. The van der Waals surface area contributed by atoms with E-state index in [9.17, 15) is 4.79 Å². The van der Waals surface area contributed by atoms with E-state index in [2.05, 4.69) is 4.99 Å². The predicted octanol–water partition coefficient (Wildman–Crippen LogP) is 1.96. The Kier molecular flexibility index (Phi) is 1.70. The molecule has 0 aromatic heterocycles. The van der Waals surface area contributed by atoms with Gasteiger partial charge in [-0.2, -0.15) is 0 Å². The van der Waals surface area contributed by atoms with Gasteiger partial charge in [0.2, 0.25) is 0 Å². The van der Waals surface area contributed by atoms with Gasteiger partial charge in [-0.05, 0) is 43.4 Å². The van der Waals surface area contributed by atoms with Crippen LogP contribution in [0.4, 0.5) is 4.79 Å². The molecule has 76 valence electrons. The normalized spacial score (nSPS) is 47.3. The van der Waals surface area contributed by atoms with Crippen molar-refractivity contribution in [3.8, 4) is 0 Å². The molecular weight excluding hydrogens is 176 g/mol. The van der Waals surface area contributed by atoms with Gasteiger partial charge in [-0.1, -0.05) is 6.42 Å². The maximum absolute atomic E-state index is 10.8. The van der Waals surface area contributed by atoms with Crippen LogP contribution in [0, 0.1) is 23.7 Å². The van der Waals surface area contributed by atoms with Crippen molar-refractivity contribution < 1.29 is 4.79 Å². The quantitative estimate of drug-likeness (QED) is 0.626. The molecule has 0 aromatic carbocycles. The van der Waals surface area contributed by atoms with Crippen molar-refractivity contribution in [2.75, 3.05) is 0 Å². The molecule has 0 saturated heterocycles. The van der Waals surface area contributed by atoms with Gasteiger partial charge in [0.1, 0.15) is 0 Å². The maximum atomic E-state index is 10.8. The van der Waals surface area contributed by atoms with Gasteiger partial charge >= 0.3 is 6.03 Å². The van der Waals surface area contributed by atoms with Crippen LogP contribution >= 0.6 is 0 Å². The first-order valence-corrected chi connectivity index (χ1v) is 5.64. The summed E-state index contributed by atoms with van der Waals surface area (Å²) < 4.78 is 0. The Bertz CT molecular complexity index is 298. The average molecular weight is 192 g/mol. The van der Waals surface area contributed by atoms with Crippen LogP contribution in [0.25, 0.3) is 0 Å². The van der Waals surface area contributed by atoms with Crippen molar-refractivity contribution in [3.05, 3.63) is 0 Å². The van der Waals surface area contributed by atoms with Crippen molar-refractivity contribution in [1.29, 1.82) is 0 Å². The lowest BCUT2D eigenvalue weighted by Crippen LogP contribution is -2.57. The van der Waals surface area contributed by atoms with Crippen molar-refractivity contribution in [1.82, 2.24) is 0 Å². The largest absolute Gasteiger partial charge is 0.350 e. The average Bonchev–Trinajstić information content (AvgIpc) is 2.19. The second-order valence-corrected chi connectivity index (χ2v) is 4.93. The summed E-state index contributed by atoms with van der Waals surface area (Å²) in [6.07, 6.45) is 6.35. The predicted molar refractivity (Wildman–Crippen MR) is 54.1 cm³/mol. The van der Waals surface area contributed by atoms with Gasteiger partial charge in [0.05, 0.1) is 0 Å². The van der Waals surface area contributed by atoms with E-state index in [0.29, 0.717) is 5.92 Å². The summed E-state index contributed by atoms with van der Waals surface area (Å²) in [5, 5.41) is 0. The molecule has 0 aliphatic heterocycles. The van der Waals surface area contributed by atoms with E-state index >= 15 is 0 Å². The Morgan fingerprint density at radius 1 is 1.21 bits per heavy atom. The third-order valence-electron chi connectivity index (χ3n) is 4.47. The molecule has 2 unspecified atom stereocenters. The third kappa shape index (κ3) is 0.983. The van der Waals surface area contributed by atoms with E-state index in [1.54, 1.807) is 0 Å². The Morgan fingerprint density at radius 2 is 1.93 bits per heavy atom. The number of amides is 2. The highest BCUT2D eigenvalue weighted by Crippen LogP contribution is 2.60. The van der Waals surface area contributed by atoms with Crippen molar-refractivity contribution in [2.45, 2.75) is 32.1 Å². The molecule has 4 bridgehead atoms. The maximum Gasteiger partial charge on any atom is 0.338 e. The van der Waals surface area contributed by atoms with Gasteiger partial charge in [-0.25, -0.2) is 9.79 Å². The number of hydrogen-bond donors (Lipinski definition) is 1. The number of primary amides is 1. The fourth-order valence-electron chi connectivity index (χ4n) is 4.07. The summed E-state index contributed by atoms with van der Waals surface area (Å²) in [7, 11) is 0. The number of aliphatic imine (C=N–C) groups is 1. The second-order valence-electron chi connectivity index (χ2n) is 4.93. The smallest absolute Gasteiger partial charge is 0.338 e. The van der Waals surface area contributed by atoms with Crippen molar-refractivity contribution in [2.24, 2.45) is 34.4 Å². The minimum Gasteiger partial charge on any atom is -0.350 e. The standard InChI is InChI=1S/C11H16N2O/c12-11(14)13-9-5-4-6-7-2-1-3-8(6)10(7)9/h6-8,10H,1-5H2,(H2,12,14)/b13-9+. The first-order chi connectivity index (χ1) is 6.77. The van der Waals surface area contributed by atoms with E-state index in [-0.39, 0.29) is 0 Å². The zero-order valence-electron chi connectivity index (χ0n) is 8.28. The lowest BCUT2D eigenvalue weighted by Gasteiger charge is -2.60. The number of carbonyl (C=O) groups is 1. The highest BCUT2D eigenvalue weighted by molar-refractivity contribution is 5.97. The van der Waals surface area contributed by atoms with Crippen LogP contribution in [0.2, 0.25) is 0 Å².